The van der Waals surface area contributed by atoms with Gasteiger partial charge in [-0.2, -0.15) is 5.26 Å². The lowest BCUT2D eigenvalue weighted by Crippen LogP contribution is -1.87. The van der Waals surface area contributed by atoms with Crippen LogP contribution in [-0.2, 0) is 0 Å². The van der Waals surface area contributed by atoms with Gasteiger partial charge < -0.3 is 0 Å². The number of halogens is 2. The first kappa shape index (κ1) is 8.32. The van der Waals surface area contributed by atoms with Gasteiger partial charge in [0.25, 0.3) is 0 Å². The lowest BCUT2D eigenvalue weighted by Gasteiger charge is -1.98. The second-order valence-corrected chi connectivity index (χ2v) is 2.77. The van der Waals surface area contributed by atoms with Crippen LogP contribution in [0.5, 0.6) is 0 Å². The zero-order valence-corrected chi connectivity index (χ0v) is 7.24. The highest BCUT2D eigenvalue weighted by molar-refractivity contribution is 6.33. The first-order valence-corrected chi connectivity index (χ1v) is 3.63. The molecule has 0 saturated heterocycles. The number of hydrogen-bond donors (Lipinski definition) is 0. The van der Waals surface area contributed by atoms with Crippen LogP contribution in [-0.4, -0.2) is 4.98 Å². The van der Waals surface area contributed by atoms with Gasteiger partial charge in [-0.1, -0.05) is 23.2 Å². The summed E-state index contributed by atoms with van der Waals surface area (Å²) in [5, 5.41) is 9.11. The van der Waals surface area contributed by atoms with Crippen molar-refractivity contribution < 1.29 is 0 Å². The summed E-state index contributed by atoms with van der Waals surface area (Å²) in [5.74, 6) is 0. The second kappa shape index (κ2) is 3.08. The van der Waals surface area contributed by atoms with E-state index < -0.39 is 0 Å². The van der Waals surface area contributed by atoms with Crippen molar-refractivity contribution in [3.05, 3.63) is 27.5 Å². The Morgan fingerprint density at radius 1 is 1.55 bits per heavy atom. The molecular formula is C7H4Cl2N2. The molecule has 0 bridgehead atoms. The summed E-state index contributed by atoms with van der Waals surface area (Å²) in [6.07, 6.45) is 0. The third-order valence-electron chi connectivity index (χ3n) is 1.30. The monoisotopic (exact) mass is 186 g/mol. The van der Waals surface area contributed by atoms with Crippen LogP contribution in [0.4, 0.5) is 0 Å². The van der Waals surface area contributed by atoms with E-state index >= 15 is 0 Å². The first-order chi connectivity index (χ1) is 5.15. The van der Waals surface area contributed by atoms with Crippen LogP contribution in [0.1, 0.15) is 11.1 Å². The third-order valence-corrected chi connectivity index (χ3v) is 1.86. The fourth-order valence-electron chi connectivity index (χ4n) is 0.665. The van der Waals surface area contributed by atoms with Crippen molar-refractivity contribution in [3.8, 4) is 6.07 Å². The fourth-order valence-corrected chi connectivity index (χ4v) is 1.09. The summed E-state index contributed by atoms with van der Waals surface area (Å²) >= 11 is 11.2. The minimum atomic E-state index is 0.247. The molecule has 0 aliphatic carbocycles. The highest BCUT2D eigenvalue weighted by Gasteiger charge is 2.04. The quantitative estimate of drug-likeness (QED) is 0.585. The van der Waals surface area contributed by atoms with E-state index in [2.05, 4.69) is 4.98 Å². The molecule has 1 heterocycles. The molecule has 2 nitrogen and oxygen atoms in total. The van der Waals surface area contributed by atoms with Crippen LogP contribution in [0.25, 0.3) is 0 Å². The molecule has 0 radical (unpaired) electrons. The first-order valence-electron chi connectivity index (χ1n) is 2.88. The Morgan fingerprint density at radius 2 is 2.18 bits per heavy atom. The fraction of sp³-hybridized carbons (Fsp3) is 0.143. The molecule has 56 valence electrons. The highest BCUT2D eigenvalue weighted by atomic mass is 35.5. The molecule has 11 heavy (non-hydrogen) atoms. The van der Waals surface area contributed by atoms with E-state index in [4.69, 9.17) is 28.5 Å². The Kier molecular flexibility index (Phi) is 2.33. The molecule has 0 N–H and O–H groups in total. The average molecular weight is 187 g/mol. The zero-order valence-electron chi connectivity index (χ0n) is 5.73. The smallest absolute Gasteiger partial charge is 0.135 e. The summed E-state index contributed by atoms with van der Waals surface area (Å²) in [4.78, 5) is 3.76. The van der Waals surface area contributed by atoms with Gasteiger partial charge in [0.05, 0.1) is 11.6 Å². The van der Waals surface area contributed by atoms with Gasteiger partial charge in [-0.3, -0.25) is 0 Å². The molecule has 1 aromatic heterocycles. The zero-order chi connectivity index (χ0) is 8.43. The Bertz CT molecular complexity index is 328. The van der Waals surface area contributed by atoms with E-state index in [1.54, 1.807) is 6.92 Å². The molecule has 0 aromatic carbocycles. The summed E-state index contributed by atoms with van der Waals surface area (Å²) in [5.41, 5.74) is 1.13. The van der Waals surface area contributed by atoms with E-state index in [-0.39, 0.29) is 10.3 Å². The predicted molar refractivity (Wildman–Crippen MR) is 43.7 cm³/mol. The van der Waals surface area contributed by atoms with E-state index in [1.807, 2.05) is 6.07 Å². The van der Waals surface area contributed by atoms with Gasteiger partial charge in [-0.05, 0) is 13.0 Å². The number of aromatic nitrogens is 1. The van der Waals surface area contributed by atoms with Crippen LogP contribution in [0.15, 0.2) is 6.07 Å². The molecule has 4 heteroatoms. The molecule has 0 unspecified atom stereocenters. The lowest BCUT2D eigenvalue weighted by atomic mass is 10.2. The Morgan fingerprint density at radius 3 is 2.73 bits per heavy atom. The molecule has 0 fully saturated rings. The molecule has 0 saturated carbocycles. The van der Waals surface area contributed by atoms with Crippen molar-refractivity contribution >= 4 is 23.2 Å². The van der Waals surface area contributed by atoms with E-state index in [0.29, 0.717) is 11.1 Å². The molecule has 0 spiro atoms. The van der Waals surface area contributed by atoms with Crippen molar-refractivity contribution in [2.75, 3.05) is 0 Å². The number of hydrogen-bond acceptors (Lipinski definition) is 2. The van der Waals surface area contributed by atoms with Crippen LogP contribution < -0.4 is 0 Å². The van der Waals surface area contributed by atoms with Gasteiger partial charge >= 0.3 is 0 Å². The maximum Gasteiger partial charge on any atom is 0.135 e. The normalized spacial score (nSPS) is 9.27. The number of rotatable bonds is 0. The molecule has 1 rings (SSSR count). The highest BCUT2D eigenvalue weighted by Crippen LogP contribution is 2.19. The van der Waals surface area contributed by atoms with Crippen molar-refractivity contribution in [1.29, 1.82) is 5.26 Å². The van der Waals surface area contributed by atoms with Gasteiger partial charge in [-0.25, -0.2) is 4.98 Å². The van der Waals surface area contributed by atoms with Crippen LogP contribution in [0.3, 0.4) is 0 Å². The molecular weight excluding hydrogens is 183 g/mol. The summed E-state index contributed by atoms with van der Waals surface area (Å²) in [6, 6.07) is 3.46. The maximum atomic E-state index is 8.57. The van der Waals surface area contributed by atoms with Crippen LogP contribution in [0.2, 0.25) is 10.3 Å². The summed E-state index contributed by atoms with van der Waals surface area (Å²) < 4.78 is 0. The maximum absolute atomic E-state index is 8.57. The Labute approximate surface area is 74.4 Å². The number of pyridine rings is 1. The SMILES string of the molecule is Cc1c(C#N)cc(Cl)nc1Cl. The van der Waals surface area contributed by atoms with Crippen molar-refractivity contribution in [2.24, 2.45) is 0 Å². The number of nitrogens with zero attached hydrogens (tertiary/aromatic N) is 2. The summed E-state index contributed by atoms with van der Waals surface area (Å²) in [6.45, 7) is 1.73. The van der Waals surface area contributed by atoms with Crippen LogP contribution in [0, 0.1) is 18.3 Å². The van der Waals surface area contributed by atoms with E-state index in [0.717, 1.165) is 0 Å². The van der Waals surface area contributed by atoms with Crippen molar-refractivity contribution in [1.82, 2.24) is 4.98 Å². The lowest BCUT2D eigenvalue weighted by molar-refractivity contribution is 1.25. The molecule has 0 atom stereocenters. The number of nitriles is 1. The van der Waals surface area contributed by atoms with Crippen molar-refractivity contribution in [2.45, 2.75) is 6.92 Å². The standard InChI is InChI=1S/C7H4Cl2N2/c1-4-5(3-10)2-6(8)11-7(4)9/h2H,1H3. The Balaban J connectivity index is 3.39. The Hall–Kier alpha value is -0.780. The summed E-state index contributed by atoms with van der Waals surface area (Å²) in [7, 11) is 0. The molecule has 0 aliphatic heterocycles. The van der Waals surface area contributed by atoms with Gasteiger partial charge in [0.2, 0.25) is 0 Å². The topological polar surface area (TPSA) is 36.7 Å². The van der Waals surface area contributed by atoms with Crippen LogP contribution >= 0.6 is 23.2 Å². The van der Waals surface area contributed by atoms with Gasteiger partial charge in [0.15, 0.2) is 0 Å². The largest absolute Gasteiger partial charge is 0.224 e. The van der Waals surface area contributed by atoms with Gasteiger partial charge in [0, 0.05) is 5.56 Å². The van der Waals surface area contributed by atoms with E-state index in [9.17, 15) is 0 Å². The molecule has 0 amide bonds. The average Bonchev–Trinajstić information content (AvgIpc) is 1.96. The van der Waals surface area contributed by atoms with E-state index in [1.165, 1.54) is 6.07 Å². The molecule has 0 aliphatic rings. The van der Waals surface area contributed by atoms with Gasteiger partial charge in [0.1, 0.15) is 10.3 Å². The second-order valence-electron chi connectivity index (χ2n) is 2.02. The van der Waals surface area contributed by atoms with Crippen molar-refractivity contribution in [3.63, 3.8) is 0 Å². The third kappa shape index (κ3) is 1.62. The van der Waals surface area contributed by atoms with Gasteiger partial charge in [-0.15, -0.1) is 0 Å². The minimum Gasteiger partial charge on any atom is -0.224 e. The predicted octanol–water partition coefficient (Wildman–Crippen LogP) is 2.57. The minimum absolute atomic E-state index is 0.247. The molecule has 1 aromatic rings.